The molecule has 2 aromatic carbocycles. The average Bonchev–Trinajstić information content (AvgIpc) is 2.88. The van der Waals surface area contributed by atoms with Crippen molar-refractivity contribution >= 4 is 17.5 Å². The highest BCUT2D eigenvalue weighted by atomic mass is 16.5. The molecule has 0 bridgehead atoms. The van der Waals surface area contributed by atoms with Crippen LogP contribution in [0.2, 0.25) is 0 Å². The molecule has 9 nitrogen and oxygen atoms in total. The fraction of sp³-hybridized carbons (Fsp3) is 0.280. The van der Waals surface area contributed by atoms with Gasteiger partial charge >= 0.3 is 0 Å². The molecule has 1 aromatic heterocycles. The number of hydrazine groups is 1. The van der Waals surface area contributed by atoms with E-state index in [-0.39, 0.29) is 0 Å². The summed E-state index contributed by atoms with van der Waals surface area (Å²) in [5.41, 5.74) is 5.51. The van der Waals surface area contributed by atoms with Crippen LogP contribution in [0.4, 0.5) is 5.82 Å². The van der Waals surface area contributed by atoms with Gasteiger partial charge in [-0.25, -0.2) is 15.0 Å². The van der Waals surface area contributed by atoms with Gasteiger partial charge in [0.15, 0.2) is 17.3 Å². The summed E-state index contributed by atoms with van der Waals surface area (Å²) in [7, 11) is 4.91. The van der Waals surface area contributed by atoms with E-state index in [9.17, 15) is 0 Å². The number of hydrogen-bond donors (Lipinski definition) is 1. The normalized spacial score (nSPS) is 14.4. The van der Waals surface area contributed by atoms with Gasteiger partial charge in [0.2, 0.25) is 0 Å². The topological polar surface area (TPSA) is 93.5 Å². The molecule has 0 amide bonds. The molecule has 0 spiro atoms. The van der Waals surface area contributed by atoms with Crippen molar-refractivity contribution in [1.82, 2.24) is 15.4 Å². The van der Waals surface area contributed by atoms with Crippen molar-refractivity contribution in [1.29, 1.82) is 0 Å². The fourth-order valence-electron chi connectivity index (χ4n) is 3.53. The number of ether oxygens (including phenoxy) is 3. The molecule has 0 aliphatic carbocycles. The third kappa shape index (κ3) is 5.43. The first kappa shape index (κ1) is 23.0. The minimum atomic E-state index is 0.444. The monoisotopic (exact) mass is 460 g/mol. The SMILES string of the molecule is COc1ccc(CN=C2CN=C(Cc3ccc(OC)c(OC)c3)N(c3ccnc(C)n3)N2)cc1. The smallest absolute Gasteiger partial charge is 0.161 e. The van der Waals surface area contributed by atoms with Crippen molar-refractivity contribution in [3.8, 4) is 17.2 Å². The molecule has 3 aromatic rings. The van der Waals surface area contributed by atoms with Crippen LogP contribution in [0, 0.1) is 6.92 Å². The highest BCUT2D eigenvalue weighted by Gasteiger charge is 2.22. The zero-order valence-corrected chi connectivity index (χ0v) is 19.8. The summed E-state index contributed by atoms with van der Waals surface area (Å²) in [6.45, 7) is 2.83. The van der Waals surface area contributed by atoms with E-state index in [2.05, 4.69) is 15.4 Å². The lowest BCUT2D eigenvalue weighted by molar-refractivity contribution is 0.354. The summed E-state index contributed by atoms with van der Waals surface area (Å²) in [5, 5.41) is 1.86. The Morgan fingerprint density at radius 2 is 1.71 bits per heavy atom. The Bertz CT molecular complexity index is 1190. The second kappa shape index (κ2) is 10.7. The molecule has 0 unspecified atom stereocenters. The van der Waals surface area contributed by atoms with Crippen molar-refractivity contribution < 1.29 is 14.2 Å². The lowest BCUT2D eigenvalue weighted by atomic mass is 10.1. The van der Waals surface area contributed by atoms with E-state index in [1.165, 1.54) is 0 Å². The van der Waals surface area contributed by atoms with Gasteiger partial charge in [0.25, 0.3) is 0 Å². The molecule has 1 aliphatic rings. The third-order valence-corrected chi connectivity index (χ3v) is 5.32. The molecule has 0 fully saturated rings. The largest absolute Gasteiger partial charge is 0.497 e. The maximum Gasteiger partial charge on any atom is 0.161 e. The van der Waals surface area contributed by atoms with Gasteiger partial charge < -0.3 is 14.2 Å². The first-order valence-electron chi connectivity index (χ1n) is 10.9. The van der Waals surface area contributed by atoms with Crippen molar-refractivity contribution in [3.05, 3.63) is 71.7 Å². The molecule has 0 atom stereocenters. The summed E-state index contributed by atoms with van der Waals surface area (Å²) < 4.78 is 16.0. The Labute approximate surface area is 199 Å². The van der Waals surface area contributed by atoms with Crippen LogP contribution in [-0.2, 0) is 13.0 Å². The minimum absolute atomic E-state index is 0.444. The second-order valence-corrected chi connectivity index (χ2v) is 7.62. The summed E-state index contributed by atoms with van der Waals surface area (Å²) >= 11 is 0. The quantitative estimate of drug-likeness (QED) is 0.551. The number of aryl methyl sites for hydroxylation is 1. The molecule has 34 heavy (non-hydrogen) atoms. The van der Waals surface area contributed by atoms with Gasteiger partial charge in [-0.3, -0.25) is 15.4 Å². The molecule has 4 rings (SSSR count). The first-order valence-corrected chi connectivity index (χ1v) is 10.9. The van der Waals surface area contributed by atoms with E-state index in [1.807, 2.05) is 60.5 Å². The van der Waals surface area contributed by atoms with E-state index in [0.29, 0.717) is 42.7 Å². The maximum atomic E-state index is 5.46. The van der Waals surface area contributed by atoms with Crippen molar-refractivity contribution in [3.63, 3.8) is 0 Å². The zero-order valence-electron chi connectivity index (χ0n) is 19.8. The molecule has 0 saturated carbocycles. The van der Waals surface area contributed by atoms with Gasteiger partial charge in [0, 0.05) is 18.7 Å². The molecule has 1 aliphatic heterocycles. The van der Waals surface area contributed by atoms with Gasteiger partial charge in [-0.1, -0.05) is 18.2 Å². The molecule has 9 heteroatoms. The van der Waals surface area contributed by atoms with Gasteiger partial charge in [-0.05, 0) is 42.3 Å². The Kier molecular flexibility index (Phi) is 7.22. The molecule has 176 valence electrons. The van der Waals surface area contributed by atoms with E-state index < -0.39 is 0 Å². The van der Waals surface area contributed by atoms with E-state index in [4.69, 9.17) is 24.2 Å². The van der Waals surface area contributed by atoms with Crippen LogP contribution >= 0.6 is 0 Å². The van der Waals surface area contributed by atoms with E-state index in [0.717, 1.165) is 28.5 Å². The van der Waals surface area contributed by atoms with Gasteiger partial charge in [0.05, 0.1) is 34.4 Å². The van der Waals surface area contributed by atoms with Crippen LogP contribution in [0.5, 0.6) is 17.2 Å². The van der Waals surface area contributed by atoms with Gasteiger partial charge in [0.1, 0.15) is 23.2 Å². The predicted octanol–water partition coefficient (Wildman–Crippen LogP) is 3.38. The summed E-state index contributed by atoms with van der Waals surface area (Å²) in [6, 6.07) is 15.6. The summed E-state index contributed by atoms with van der Waals surface area (Å²) in [5.74, 6) is 5.12. The number of rotatable bonds is 8. The highest BCUT2D eigenvalue weighted by molar-refractivity contribution is 6.05. The Hall–Kier alpha value is -4.14. The molecule has 1 N–H and O–H groups in total. The minimum Gasteiger partial charge on any atom is -0.497 e. The maximum absolute atomic E-state index is 5.46. The lowest BCUT2D eigenvalue weighted by Crippen LogP contribution is -2.52. The van der Waals surface area contributed by atoms with Crippen LogP contribution in [0.3, 0.4) is 0 Å². The van der Waals surface area contributed by atoms with Crippen molar-refractivity contribution in [2.75, 3.05) is 32.9 Å². The third-order valence-electron chi connectivity index (χ3n) is 5.32. The average molecular weight is 461 g/mol. The molecule has 0 radical (unpaired) electrons. The molecule has 2 heterocycles. The second-order valence-electron chi connectivity index (χ2n) is 7.62. The van der Waals surface area contributed by atoms with Crippen LogP contribution in [0.15, 0.2) is 64.7 Å². The summed E-state index contributed by atoms with van der Waals surface area (Å²) in [6.07, 6.45) is 2.30. The Morgan fingerprint density at radius 1 is 0.941 bits per heavy atom. The molecular formula is C25H28N6O3. The van der Waals surface area contributed by atoms with Gasteiger partial charge in [-0.2, -0.15) is 0 Å². The van der Waals surface area contributed by atoms with Crippen molar-refractivity contribution in [2.24, 2.45) is 9.98 Å². The number of nitrogens with one attached hydrogen (secondary N) is 1. The number of benzene rings is 2. The number of methoxy groups -OCH3 is 3. The number of aromatic nitrogens is 2. The number of amidine groups is 2. The highest BCUT2D eigenvalue weighted by Crippen LogP contribution is 2.28. The number of hydrogen-bond acceptors (Lipinski definition) is 8. The molecule has 0 saturated heterocycles. The van der Waals surface area contributed by atoms with E-state index >= 15 is 0 Å². The summed E-state index contributed by atoms with van der Waals surface area (Å²) in [4.78, 5) is 18.4. The number of aliphatic imine (C=N–C) groups is 2. The first-order chi connectivity index (χ1) is 16.6. The number of anilines is 1. The van der Waals surface area contributed by atoms with Crippen LogP contribution in [0.1, 0.15) is 17.0 Å². The Balaban J connectivity index is 1.58. The molecular weight excluding hydrogens is 432 g/mol. The van der Waals surface area contributed by atoms with Crippen LogP contribution in [0.25, 0.3) is 0 Å². The lowest BCUT2D eigenvalue weighted by Gasteiger charge is -2.30. The predicted molar refractivity (Wildman–Crippen MR) is 132 cm³/mol. The number of nitrogens with zero attached hydrogens (tertiary/aromatic N) is 5. The zero-order chi connectivity index (χ0) is 23.9. The van der Waals surface area contributed by atoms with Crippen molar-refractivity contribution in [2.45, 2.75) is 19.9 Å². The standard InChI is InChI=1S/C25H28N6O3/c1-17-26-12-11-24(29-17)31-25(14-19-7-10-21(33-3)22(13-19)34-4)28-16-23(30-31)27-15-18-5-8-20(32-2)9-6-18/h5-13H,14-16H2,1-4H3,(H,27,30). The van der Waals surface area contributed by atoms with Gasteiger partial charge in [-0.15, -0.1) is 0 Å². The fourth-order valence-corrected chi connectivity index (χ4v) is 3.53. The van der Waals surface area contributed by atoms with E-state index in [1.54, 1.807) is 27.5 Å². The van der Waals surface area contributed by atoms with Crippen LogP contribution < -0.4 is 24.6 Å². The Morgan fingerprint density at radius 3 is 2.41 bits per heavy atom. The van der Waals surface area contributed by atoms with Crippen LogP contribution in [-0.4, -0.2) is 49.5 Å².